The van der Waals surface area contributed by atoms with Crippen LogP contribution in [0.3, 0.4) is 0 Å². The van der Waals surface area contributed by atoms with Gasteiger partial charge in [-0.25, -0.2) is 4.68 Å². The van der Waals surface area contributed by atoms with Crippen molar-refractivity contribution in [3.05, 3.63) is 18.2 Å². The summed E-state index contributed by atoms with van der Waals surface area (Å²) < 4.78 is 33.9. The Labute approximate surface area is 146 Å². The molecule has 134 valence electrons. The number of rotatable bonds is 2. The third-order valence-corrected chi connectivity index (χ3v) is 5.50. The molecule has 6 nitrogen and oxygen atoms in total. The van der Waals surface area contributed by atoms with Crippen molar-refractivity contribution >= 4 is 23.6 Å². The van der Waals surface area contributed by atoms with Crippen LogP contribution in [-0.2, 0) is 14.0 Å². The Morgan fingerprint density at radius 1 is 1.20 bits per heavy atom. The van der Waals surface area contributed by atoms with Gasteiger partial charge < -0.3 is 14.0 Å². The molecule has 0 saturated carbocycles. The van der Waals surface area contributed by atoms with Gasteiger partial charge in [0.2, 0.25) is 5.95 Å². The molecule has 0 amide bonds. The minimum atomic E-state index is -0.657. The molecule has 1 unspecified atom stereocenters. The van der Waals surface area contributed by atoms with Gasteiger partial charge in [-0.05, 0) is 58.5 Å². The molecular weight excluding hydrogens is 324 g/mol. The zero-order chi connectivity index (χ0) is 17.8. The number of aromatic nitrogens is 3. The van der Waals surface area contributed by atoms with Crippen molar-refractivity contribution in [1.82, 2.24) is 14.8 Å². The largest absolute Gasteiger partial charge is 0.495 e. The molecule has 2 aromatic rings. The van der Waals surface area contributed by atoms with Crippen LogP contribution in [0.2, 0.25) is 0 Å². The number of pyridine rings is 1. The fraction of sp³-hybridized carbons (Fsp3) is 0.647. The number of nitrogens with zero attached hydrogens (tertiary/aromatic N) is 3. The van der Waals surface area contributed by atoms with Crippen molar-refractivity contribution in [1.29, 1.82) is 0 Å². The summed E-state index contributed by atoms with van der Waals surface area (Å²) in [6.45, 7) is 8.58. The van der Waals surface area contributed by atoms with E-state index >= 15 is 0 Å². The summed E-state index contributed by atoms with van der Waals surface area (Å²) in [5, 5.41) is 5.15. The molecule has 0 bridgehead atoms. The van der Waals surface area contributed by atoms with Gasteiger partial charge in [0.15, 0.2) is 11.9 Å². The van der Waals surface area contributed by atoms with E-state index < -0.39 is 24.3 Å². The maximum atomic E-state index is 14.3. The number of hydrogen-bond donors (Lipinski definition) is 0. The number of halogens is 1. The molecule has 0 N–H and O–H groups in total. The van der Waals surface area contributed by atoms with Crippen LogP contribution in [0.15, 0.2) is 12.3 Å². The lowest BCUT2D eigenvalue weighted by atomic mass is 9.78. The molecule has 4 rings (SSSR count). The zero-order valence-electron chi connectivity index (χ0n) is 15.1. The highest BCUT2D eigenvalue weighted by Gasteiger charge is 2.52. The van der Waals surface area contributed by atoms with Crippen molar-refractivity contribution < 1.29 is 18.4 Å². The monoisotopic (exact) mass is 347 g/mol. The smallest absolute Gasteiger partial charge is 0.399 e. The third kappa shape index (κ3) is 2.76. The van der Waals surface area contributed by atoms with Crippen molar-refractivity contribution in [3.63, 3.8) is 0 Å². The summed E-state index contributed by atoms with van der Waals surface area (Å²) in [7, 11) is -0.657. The van der Waals surface area contributed by atoms with E-state index in [1.54, 1.807) is 10.9 Å². The number of hydrogen-bond acceptors (Lipinski definition) is 5. The second-order valence-electron chi connectivity index (χ2n) is 7.77. The lowest BCUT2D eigenvalue weighted by Gasteiger charge is -2.32. The molecule has 0 radical (unpaired) electrons. The molecule has 4 heterocycles. The molecule has 2 aliphatic heterocycles. The highest BCUT2D eigenvalue weighted by atomic mass is 19.1. The Kier molecular flexibility index (Phi) is 3.90. The molecule has 25 heavy (non-hydrogen) atoms. The highest BCUT2D eigenvalue weighted by Crippen LogP contribution is 2.37. The lowest BCUT2D eigenvalue weighted by Crippen LogP contribution is -2.41. The van der Waals surface area contributed by atoms with Crippen LogP contribution in [0.25, 0.3) is 11.0 Å². The van der Waals surface area contributed by atoms with Crippen LogP contribution in [0, 0.1) is 5.95 Å². The first kappa shape index (κ1) is 16.9. The van der Waals surface area contributed by atoms with Gasteiger partial charge in [0.05, 0.1) is 17.4 Å². The van der Waals surface area contributed by atoms with Crippen molar-refractivity contribution in [3.8, 4) is 0 Å². The summed E-state index contributed by atoms with van der Waals surface area (Å²) in [6.07, 6.45) is 4.44. The Balaban J connectivity index is 1.77. The van der Waals surface area contributed by atoms with Crippen LogP contribution < -0.4 is 5.46 Å². The maximum absolute atomic E-state index is 14.3. The molecule has 2 aromatic heterocycles. The van der Waals surface area contributed by atoms with Gasteiger partial charge in [0.25, 0.3) is 0 Å². The van der Waals surface area contributed by atoms with E-state index in [4.69, 9.17) is 14.0 Å². The molecular formula is C17H23BFN3O3. The minimum absolute atomic E-state index is 0.202. The van der Waals surface area contributed by atoms with Crippen molar-refractivity contribution in [2.24, 2.45) is 0 Å². The Hall–Kier alpha value is -1.51. The van der Waals surface area contributed by atoms with Crippen LogP contribution in [0.1, 0.15) is 53.2 Å². The summed E-state index contributed by atoms with van der Waals surface area (Å²) in [4.78, 5) is 4.06. The molecule has 2 aliphatic rings. The van der Waals surface area contributed by atoms with E-state index in [0.29, 0.717) is 17.7 Å². The zero-order valence-corrected chi connectivity index (χ0v) is 15.1. The quantitative estimate of drug-likeness (QED) is 0.617. The van der Waals surface area contributed by atoms with E-state index in [9.17, 15) is 4.39 Å². The standard InChI is InChI=1S/C17H23BFN3O3/c1-16(2)17(3,4)25-18(24-16)12-9-13(19)21-15-11(12)10-20-22(15)14-7-5-6-8-23-14/h9-10,14H,5-8H2,1-4H3. The molecule has 2 fully saturated rings. The fourth-order valence-electron chi connectivity index (χ4n) is 3.30. The Morgan fingerprint density at radius 3 is 2.56 bits per heavy atom. The predicted octanol–water partition coefficient (Wildman–Crippen LogP) is 2.57. The summed E-state index contributed by atoms with van der Waals surface area (Å²) in [5.41, 5.74) is 0.0955. The van der Waals surface area contributed by atoms with E-state index in [1.165, 1.54) is 6.07 Å². The number of fused-ring (bicyclic) bond motifs is 1. The van der Waals surface area contributed by atoms with E-state index in [2.05, 4.69) is 10.1 Å². The average molecular weight is 347 g/mol. The first-order chi connectivity index (χ1) is 11.8. The molecule has 1 atom stereocenters. The van der Waals surface area contributed by atoms with Gasteiger partial charge >= 0.3 is 7.12 Å². The second kappa shape index (κ2) is 5.76. The molecule has 0 aromatic carbocycles. The van der Waals surface area contributed by atoms with Gasteiger partial charge in [0.1, 0.15) is 0 Å². The van der Waals surface area contributed by atoms with Gasteiger partial charge in [-0.3, -0.25) is 0 Å². The normalized spacial score (nSPS) is 25.6. The third-order valence-electron chi connectivity index (χ3n) is 5.50. The van der Waals surface area contributed by atoms with E-state index in [0.717, 1.165) is 24.6 Å². The summed E-state index contributed by atoms with van der Waals surface area (Å²) in [5.74, 6) is -0.574. The predicted molar refractivity (Wildman–Crippen MR) is 92.0 cm³/mol. The van der Waals surface area contributed by atoms with Crippen molar-refractivity contribution in [2.75, 3.05) is 6.61 Å². The SMILES string of the molecule is CC1(C)OB(c2cc(F)nc3c2cnn3C2CCCCO2)OC1(C)C. The summed E-state index contributed by atoms with van der Waals surface area (Å²) in [6, 6.07) is 1.37. The van der Waals surface area contributed by atoms with Gasteiger partial charge in [0, 0.05) is 12.0 Å². The molecule has 0 aliphatic carbocycles. The topological polar surface area (TPSA) is 58.4 Å². The van der Waals surface area contributed by atoms with Crippen LogP contribution in [0.5, 0.6) is 0 Å². The molecule has 0 spiro atoms. The second-order valence-corrected chi connectivity index (χ2v) is 7.77. The van der Waals surface area contributed by atoms with Crippen LogP contribution >= 0.6 is 0 Å². The molecule has 2 saturated heterocycles. The van der Waals surface area contributed by atoms with Gasteiger partial charge in [-0.2, -0.15) is 14.5 Å². The highest BCUT2D eigenvalue weighted by molar-refractivity contribution is 6.65. The van der Waals surface area contributed by atoms with Gasteiger partial charge in [-0.15, -0.1) is 0 Å². The van der Waals surface area contributed by atoms with Crippen LogP contribution in [0.4, 0.5) is 4.39 Å². The van der Waals surface area contributed by atoms with Gasteiger partial charge in [-0.1, -0.05) is 0 Å². The van der Waals surface area contributed by atoms with Crippen LogP contribution in [-0.4, -0.2) is 39.7 Å². The Bertz CT molecular complexity index is 786. The first-order valence-corrected chi connectivity index (χ1v) is 8.79. The fourth-order valence-corrected chi connectivity index (χ4v) is 3.30. The minimum Gasteiger partial charge on any atom is -0.399 e. The number of ether oxygens (including phenoxy) is 1. The molecule has 8 heteroatoms. The Morgan fingerprint density at radius 2 is 1.92 bits per heavy atom. The first-order valence-electron chi connectivity index (χ1n) is 8.79. The summed E-state index contributed by atoms with van der Waals surface area (Å²) >= 11 is 0. The van der Waals surface area contributed by atoms with E-state index in [-0.39, 0.29) is 6.23 Å². The lowest BCUT2D eigenvalue weighted by molar-refractivity contribution is -0.0370. The van der Waals surface area contributed by atoms with E-state index in [1.807, 2.05) is 27.7 Å². The van der Waals surface area contributed by atoms with Crippen molar-refractivity contribution in [2.45, 2.75) is 64.4 Å². The maximum Gasteiger partial charge on any atom is 0.495 e. The average Bonchev–Trinajstić information content (AvgIpc) is 3.06.